The SMILES string of the molecule is COc1nc(N)nc(Nc2ccc(Br)c(F)c2)n1. The van der Waals surface area contributed by atoms with Crippen molar-refractivity contribution < 1.29 is 9.13 Å². The highest BCUT2D eigenvalue weighted by Crippen LogP contribution is 2.21. The molecular formula is C10H9BrFN5O. The number of anilines is 3. The average molecular weight is 314 g/mol. The molecule has 6 nitrogen and oxygen atoms in total. The number of ether oxygens (including phenoxy) is 1. The van der Waals surface area contributed by atoms with Crippen LogP contribution in [0.3, 0.4) is 0 Å². The van der Waals surface area contributed by atoms with Crippen molar-refractivity contribution in [1.82, 2.24) is 15.0 Å². The van der Waals surface area contributed by atoms with Crippen molar-refractivity contribution in [3.63, 3.8) is 0 Å². The van der Waals surface area contributed by atoms with E-state index in [-0.39, 0.29) is 17.9 Å². The maximum absolute atomic E-state index is 13.3. The zero-order valence-corrected chi connectivity index (χ0v) is 10.9. The minimum absolute atomic E-state index is 0.0157. The number of methoxy groups -OCH3 is 1. The van der Waals surface area contributed by atoms with E-state index in [1.54, 1.807) is 12.1 Å². The van der Waals surface area contributed by atoms with Crippen molar-refractivity contribution >= 4 is 33.5 Å². The lowest BCUT2D eigenvalue weighted by molar-refractivity contribution is 0.380. The van der Waals surface area contributed by atoms with E-state index in [9.17, 15) is 4.39 Å². The van der Waals surface area contributed by atoms with E-state index in [4.69, 9.17) is 10.5 Å². The number of nitrogens with zero attached hydrogens (tertiary/aromatic N) is 3. The number of hydrogen-bond donors (Lipinski definition) is 2. The van der Waals surface area contributed by atoms with Crippen molar-refractivity contribution in [2.75, 3.05) is 18.2 Å². The summed E-state index contributed by atoms with van der Waals surface area (Å²) in [6.45, 7) is 0. The molecule has 18 heavy (non-hydrogen) atoms. The van der Waals surface area contributed by atoms with E-state index < -0.39 is 5.82 Å². The van der Waals surface area contributed by atoms with Crippen LogP contribution in [-0.4, -0.2) is 22.1 Å². The number of nitrogens with two attached hydrogens (primary N) is 1. The molecule has 3 N–H and O–H groups in total. The van der Waals surface area contributed by atoms with E-state index in [0.29, 0.717) is 10.2 Å². The van der Waals surface area contributed by atoms with Crippen molar-refractivity contribution in [2.24, 2.45) is 0 Å². The van der Waals surface area contributed by atoms with Crippen LogP contribution in [0.1, 0.15) is 0 Å². The highest BCUT2D eigenvalue weighted by Gasteiger charge is 2.06. The first kappa shape index (κ1) is 12.5. The predicted molar refractivity (Wildman–Crippen MR) is 68.2 cm³/mol. The van der Waals surface area contributed by atoms with Gasteiger partial charge in [0.15, 0.2) is 0 Å². The second kappa shape index (κ2) is 5.13. The Balaban J connectivity index is 2.27. The van der Waals surface area contributed by atoms with Crippen LogP contribution < -0.4 is 15.8 Å². The van der Waals surface area contributed by atoms with Crippen LogP contribution in [0.2, 0.25) is 0 Å². The van der Waals surface area contributed by atoms with Gasteiger partial charge in [0.25, 0.3) is 0 Å². The summed E-state index contributed by atoms with van der Waals surface area (Å²) in [4.78, 5) is 11.5. The fourth-order valence-corrected chi connectivity index (χ4v) is 1.47. The van der Waals surface area contributed by atoms with E-state index >= 15 is 0 Å². The molecule has 0 saturated carbocycles. The molecule has 1 aromatic carbocycles. The first-order chi connectivity index (χ1) is 8.58. The molecule has 0 fully saturated rings. The molecule has 0 atom stereocenters. The summed E-state index contributed by atoms with van der Waals surface area (Å²) in [6.07, 6.45) is 0. The van der Waals surface area contributed by atoms with Gasteiger partial charge in [-0.15, -0.1) is 0 Å². The number of nitrogens with one attached hydrogen (secondary N) is 1. The van der Waals surface area contributed by atoms with Crippen molar-refractivity contribution in [1.29, 1.82) is 0 Å². The monoisotopic (exact) mass is 313 g/mol. The Morgan fingerprint density at radius 1 is 1.33 bits per heavy atom. The third kappa shape index (κ3) is 2.83. The molecule has 1 heterocycles. The fraction of sp³-hybridized carbons (Fsp3) is 0.100. The molecule has 0 unspecified atom stereocenters. The lowest BCUT2D eigenvalue weighted by Crippen LogP contribution is -2.05. The Kier molecular flexibility index (Phi) is 3.56. The number of rotatable bonds is 3. The molecular weight excluding hydrogens is 305 g/mol. The molecule has 0 aliphatic heterocycles. The van der Waals surface area contributed by atoms with Crippen LogP contribution in [0.5, 0.6) is 6.01 Å². The van der Waals surface area contributed by atoms with E-state index in [2.05, 4.69) is 36.2 Å². The zero-order chi connectivity index (χ0) is 13.1. The molecule has 0 bridgehead atoms. The normalized spacial score (nSPS) is 10.2. The van der Waals surface area contributed by atoms with Crippen LogP contribution in [0, 0.1) is 5.82 Å². The van der Waals surface area contributed by atoms with Crippen LogP contribution >= 0.6 is 15.9 Å². The second-order valence-corrected chi connectivity index (χ2v) is 4.11. The van der Waals surface area contributed by atoms with E-state index in [0.717, 1.165) is 0 Å². The molecule has 0 amide bonds. The number of aromatic nitrogens is 3. The summed E-state index contributed by atoms with van der Waals surface area (Å²) >= 11 is 3.07. The first-order valence-corrected chi connectivity index (χ1v) is 5.65. The summed E-state index contributed by atoms with van der Waals surface area (Å²) < 4.78 is 18.5. The number of hydrogen-bond acceptors (Lipinski definition) is 6. The van der Waals surface area contributed by atoms with Crippen molar-refractivity contribution in [2.45, 2.75) is 0 Å². The van der Waals surface area contributed by atoms with Gasteiger partial charge < -0.3 is 15.8 Å². The molecule has 94 valence electrons. The number of nitrogen functional groups attached to an aromatic ring is 1. The zero-order valence-electron chi connectivity index (χ0n) is 9.32. The predicted octanol–water partition coefficient (Wildman–Crippen LogP) is 2.11. The molecule has 0 saturated heterocycles. The van der Waals surface area contributed by atoms with Gasteiger partial charge in [0.05, 0.1) is 11.6 Å². The summed E-state index contributed by atoms with van der Waals surface area (Å²) in [5.41, 5.74) is 5.97. The van der Waals surface area contributed by atoms with E-state index in [1.165, 1.54) is 13.2 Å². The Labute approximate surface area is 111 Å². The Morgan fingerprint density at radius 3 is 2.78 bits per heavy atom. The summed E-state index contributed by atoms with van der Waals surface area (Å²) in [7, 11) is 1.41. The fourth-order valence-electron chi connectivity index (χ4n) is 1.22. The van der Waals surface area contributed by atoms with Gasteiger partial charge in [0.2, 0.25) is 11.9 Å². The third-order valence-electron chi connectivity index (χ3n) is 1.99. The minimum atomic E-state index is -0.394. The van der Waals surface area contributed by atoms with Crippen LogP contribution in [0.25, 0.3) is 0 Å². The van der Waals surface area contributed by atoms with Gasteiger partial charge in [0, 0.05) is 5.69 Å². The van der Waals surface area contributed by atoms with Gasteiger partial charge in [0.1, 0.15) is 5.82 Å². The van der Waals surface area contributed by atoms with Gasteiger partial charge in [-0.05, 0) is 34.1 Å². The first-order valence-electron chi connectivity index (χ1n) is 4.86. The lowest BCUT2D eigenvalue weighted by atomic mass is 10.3. The van der Waals surface area contributed by atoms with Gasteiger partial charge in [-0.3, -0.25) is 0 Å². The summed E-state index contributed by atoms with van der Waals surface area (Å²) in [6, 6.07) is 4.62. The molecule has 0 aliphatic carbocycles. The largest absolute Gasteiger partial charge is 0.467 e. The summed E-state index contributed by atoms with van der Waals surface area (Å²) in [5, 5.41) is 2.80. The van der Waals surface area contributed by atoms with Crippen LogP contribution in [-0.2, 0) is 0 Å². The quantitative estimate of drug-likeness (QED) is 0.902. The minimum Gasteiger partial charge on any atom is -0.467 e. The van der Waals surface area contributed by atoms with Crippen molar-refractivity contribution in [3.8, 4) is 6.01 Å². The highest BCUT2D eigenvalue weighted by molar-refractivity contribution is 9.10. The highest BCUT2D eigenvalue weighted by atomic mass is 79.9. The molecule has 2 rings (SSSR count). The Morgan fingerprint density at radius 2 is 2.11 bits per heavy atom. The molecule has 0 radical (unpaired) electrons. The standard InChI is InChI=1S/C10H9BrFN5O/c1-18-10-16-8(13)15-9(17-10)14-5-2-3-6(11)7(12)4-5/h2-4H,1H3,(H3,13,14,15,16,17). The van der Waals surface area contributed by atoms with Gasteiger partial charge >= 0.3 is 6.01 Å². The maximum atomic E-state index is 13.3. The molecule has 1 aromatic heterocycles. The van der Waals surface area contributed by atoms with Gasteiger partial charge in [-0.2, -0.15) is 15.0 Å². The Bertz CT molecular complexity index is 580. The maximum Gasteiger partial charge on any atom is 0.322 e. The van der Waals surface area contributed by atoms with Crippen molar-refractivity contribution in [3.05, 3.63) is 28.5 Å². The van der Waals surface area contributed by atoms with E-state index in [1.807, 2.05) is 0 Å². The number of halogens is 2. The van der Waals surface area contributed by atoms with Gasteiger partial charge in [-0.1, -0.05) is 0 Å². The second-order valence-electron chi connectivity index (χ2n) is 3.26. The molecule has 8 heteroatoms. The smallest absolute Gasteiger partial charge is 0.322 e. The molecule has 0 spiro atoms. The van der Waals surface area contributed by atoms with Gasteiger partial charge in [-0.25, -0.2) is 4.39 Å². The van der Waals surface area contributed by atoms with Crippen LogP contribution in [0.4, 0.5) is 22.0 Å². The topological polar surface area (TPSA) is 86.0 Å². The molecule has 2 aromatic rings. The van der Waals surface area contributed by atoms with Crippen LogP contribution in [0.15, 0.2) is 22.7 Å². The lowest BCUT2D eigenvalue weighted by Gasteiger charge is -2.06. The average Bonchev–Trinajstić information content (AvgIpc) is 2.33. The summed E-state index contributed by atoms with van der Waals surface area (Å²) in [5.74, 6) is -0.197. The Hall–Kier alpha value is -1.96. The number of benzene rings is 1. The third-order valence-corrected chi connectivity index (χ3v) is 2.63. The molecule has 0 aliphatic rings.